The molecule has 31 heavy (non-hydrogen) atoms. The van der Waals surface area contributed by atoms with Crippen molar-refractivity contribution in [3.8, 4) is 0 Å². The standard InChI is InChI=1S/C24H39N3O3S/c1-3-23-7-4-5-15-26(23)16-6-14-25-24(28)22-12-17-27(18-13-22)31(29,30)19-21-10-8-20(2)9-11-21/h8-11,22-23H,3-7,12-19H2,1-2H3,(H,25,28)/t23-/m1/s1. The zero-order valence-electron chi connectivity index (χ0n) is 19.2. The van der Waals surface area contributed by atoms with Crippen LogP contribution in [0.1, 0.15) is 63.0 Å². The number of piperidine rings is 2. The van der Waals surface area contributed by atoms with Crippen molar-refractivity contribution in [2.45, 2.75) is 70.6 Å². The van der Waals surface area contributed by atoms with E-state index in [2.05, 4.69) is 17.1 Å². The molecule has 2 fully saturated rings. The molecule has 6 nitrogen and oxygen atoms in total. The van der Waals surface area contributed by atoms with Crippen LogP contribution >= 0.6 is 0 Å². The molecule has 1 aromatic carbocycles. The number of hydrogen-bond donors (Lipinski definition) is 1. The SMILES string of the molecule is CC[C@@H]1CCCCN1CCCNC(=O)C1CCN(S(=O)(=O)Cc2ccc(C)cc2)CC1. The smallest absolute Gasteiger partial charge is 0.223 e. The Labute approximate surface area is 188 Å². The Hall–Kier alpha value is -1.44. The first kappa shape index (κ1) is 24.2. The lowest BCUT2D eigenvalue weighted by Gasteiger charge is -2.35. The second-order valence-electron chi connectivity index (χ2n) is 9.15. The van der Waals surface area contributed by atoms with Crippen LogP contribution in [0.3, 0.4) is 0 Å². The van der Waals surface area contributed by atoms with Gasteiger partial charge in [0.05, 0.1) is 5.75 Å². The summed E-state index contributed by atoms with van der Waals surface area (Å²) < 4.78 is 27.1. The zero-order valence-corrected chi connectivity index (χ0v) is 20.0. The molecule has 0 aliphatic carbocycles. The number of aryl methyl sites for hydroxylation is 1. The summed E-state index contributed by atoms with van der Waals surface area (Å²) in [4.78, 5) is 15.1. The maximum Gasteiger partial charge on any atom is 0.223 e. The molecule has 2 aliphatic rings. The van der Waals surface area contributed by atoms with Crippen molar-refractivity contribution in [3.63, 3.8) is 0 Å². The van der Waals surface area contributed by atoms with Crippen molar-refractivity contribution in [2.75, 3.05) is 32.7 Å². The van der Waals surface area contributed by atoms with Crippen LogP contribution in [0.25, 0.3) is 0 Å². The highest BCUT2D eigenvalue weighted by Gasteiger charge is 2.31. The average Bonchev–Trinajstić information content (AvgIpc) is 2.78. The number of rotatable bonds is 9. The van der Waals surface area contributed by atoms with Gasteiger partial charge in [-0.05, 0) is 57.6 Å². The summed E-state index contributed by atoms with van der Waals surface area (Å²) >= 11 is 0. The summed E-state index contributed by atoms with van der Waals surface area (Å²) in [5, 5.41) is 3.09. The number of nitrogens with one attached hydrogen (secondary N) is 1. The minimum Gasteiger partial charge on any atom is -0.356 e. The van der Waals surface area contributed by atoms with Crippen molar-refractivity contribution >= 4 is 15.9 Å². The van der Waals surface area contributed by atoms with E-state index >= 15 is 0 Å². The lowest BCUT2D eigenvalue weighted by atomic mass is 9.97. The predicted octanol–water partition coefficient (Wildman–Crippen LogP) is 3.31. The highest BCUT2D eigenvalue weighted by molar-refractivity contribution is 7.88. The van der Waals surface area contributed by atoms with Crippen molar-refractivity contribution in [1.29, 1.82) is 0 Å². The van der Waals surface area contributed by atoms with Crippen LogP contribution < -0.4 is 5.32 Å². The predicted molar refractivity (Wildman–Crippen MR) is 125 cm³/mol. The molecule has 0 spiro atoms. The van der Waals surface area contributed by atoms with Gasteiger partial charge in [-0.3, -0.25) is 4.79 Å². The zero-order chi connectivity index (χ0) is 22.3. The van der Waals surface area contributed by atoms with Crippen molar-refractivity contribution in [2.24, 2.45) is 5.92 Å². The molecule has 1 atom stereocenters. The van der Waals surface area contributed by atoms with E-state index in [-0.39, 0.29) is 17.6 Å². The number of amides is 1. The normalized spacial score (nSPS) is 21.8. The summed E-state index contributed by atoms with van der Waals surface area (Å²) in [6.45, 7) is 8.05. The van der Waals surface area contributed by atoms with Crippen LogP contribution in [0.15, 0.2) is 24.3 Å². The van der Waals surface area contributed by atoms with Gasteiger partial charge >= 0.3 is 0 Å². The highest BCUT2D eigenvalue weighted by atomic mass is 32.2. The molecule has 0 radical (unpaired) electrons. The first-order valence-corrected chi connectivity index (χ1v) is 13.5. The number of sulfonamides is 1. The Morgan fingerprint density at radius 1 is 1.06 bits per heavy atom. The van der Waals surface area contributed by atoms with E-state index in [1.54, 1.807) is 4.31 Å². The second kappa shape index (κ2) is 11.4. The minimum atomic E-state index is -3.34. The van der Waals surface area contributed by atoms with Crippen LogP contribution in [0.2, 0.25) is 0 Å². The quantitative estimate of drug-likeness (QED) is 0.587. The fourth-order valence-electron chi connectivity index (χ4n) is 4.84. The minimum absolute atomic E-state index is 0.0272. The van der Waals surface area contributed by atoms with Crippen molar-refractivity contribution < 1.29 is 13.2 Å². The van der Waals surface area contributed by atoms with Gasteiger partial charge in [-0.25, -0.2) is 12.7 Å². The summed E-state index contributed by atoms with van der Waals surface area (Å²) in [6.07, 6.45) is 7.31. The Morgan fingerprint density at radius 3 is 2.45 bits per heavy atom. The van der Waals surface area contributed by atoms with Gasteiger partial charge in [-0.1, -0.05) is 43.2 Å². The molecule has 2 aliphatic heterocycles. The molecular weight excluding hydrogens is 410 g/mol. The lowest BCUT2D eigenvalue weighted by molar-refractivity contribution is -0.126. The van der Waals surface area contributed by atoms with E-state index in [1.807, 2.05) is 31.2 Å². The summed E-state index contributed by atoms with van der Waals surface area (Å²) in [7, 11) is -3.34. The van der Waals surface area contributed by atoms with Gasteiger partial charge in [0.2, 0.25) is 15.9 Å². The number of benzene rings is 1. The third-order valence-electron chi connectivity index (χ3n) is 6.83. The Morgan fingerprint density at radius 2 is 1.77 bits per heavy atom. The molecule has 7 heteroatoms. The Balaban J connectivity index is 1.37. The molecule has 1 amide bonds. The first-order chi connectivity index (χ1) is 14.9. The van der Waals surface area contributed by atoms with Crippen molar-refractivity contribution in [1.82, 2.24) is 14.5 Å². The van der Waals surface area contributed by atoms with Gasteiger partial charge in [-0.15, -0.1) is 0 Å². The number of nitrogens with zero attached hydrogens (tertiary/aromatic N) is 2. The van der Waals surface area contributed by atoms with Gasteiger partial charge in [0.15, 0.2) is 0 Å². The number of hydrogen-bond acceptors (Lipinski definition) is 4. The molecule has 174 valence electrons. The van der Waals surface area contributed by atoms with Crippen molar-refractivity contribution in [3.05, 3.63) is 35.4 Å². The molecule has 2 saturated heterocycles. The molecule has 0 aromatic heterocycles. The maximum absolute atomic E-state index is 12.7. The van der Waals surface area contributed by atoms with Crippen LogP contribution in [0.5, 0.6) is 0 Å². The van der Waals surface area contributed by atoms with E-state index in [9.17, 15) is 13.2 Å². The van der Waals surface area contributed by atoms with Crippen LogP contribution in [-0.4, -0.2) is 62.3 Å². The van der Waals surface area contributed by atoms with Gasteiger partial charge in [0.25, 0.3) is 0 Å². The molecule has 1 N–H and O–H groups in total. The monoisotopic (exact) mass is 449 g/mol. The van der Waals surface area contributed by atoms with Gasteiger partial charge < -0.3 is 10.2 Å². The lowest BCUT2D eigenvalue weighted by Crippen LogP contribution is -2.44. The molecule has 0 unspecified atom stereocenters. The summed E-state index contributed by atoms with van der Waals surface area (Å²) in [6, 6.07) is 8.33. The Bertz CT molecular complexity index is 802. The molecular formula is C24H39N3O3S. The summed E-state index contributed by atoms with van der Waals surface area (Å²) in [5.41, 5.74) is 1.93. The third-order valence-corrected chi connectivity index (χ3v) is 8.68. The number of carbonyl (C=O) groups is 1. The van der Waals surface area contributed by atoms with Gasteiger partial charge in [-0.2, -0.15) is 0 Å². The second-order valence-corrected chi connectivity index (χ2v) is 11.1. The number of carbonyl (C=O) groups excluding carboxylic acids is 1. The third kappa shape index (κ3) is 7.02. The fourth-order valence-corrected chi connectivity index (χ4v) is 6.40. The number of likely N-dealkylation sites (tertiary alicyclic amines) is 1. The van der Waals surface area contributed by atoms with Crippen LogP contribution in [-0.2, 0) is 20.6 Å². The molecule has 2 heterocycles. The van der Waals surface area contributed by atoms with Gasteiger partial charge in [0.1, 0.15) is 0 Å². The molecule has 0 bridgehead atoms. The van der Waals surface area contributed by atoms with Crippen LogP contribution in [0.4, 0.5) is 0 Å². The van der Waals surface area contributed by atoms with E-state index in [1.165, 1.54) is 32.2 Å². The fraction of sp³-hybridized carbons (Fsp3) is 0.708. The average molecular weight is 450 g/mol. The molecule has 1 aromatic rings. The Kier molecular flexibility index (Phi) is 8.93. The maximum atomic E-state index is 12.7. The topological polar surface area (TPSA) is 69.7 Å². The van der Waals surface area contributed by atoms with E-state index in [4.69, 9.17) is 0 Å². The van der Waals surface area contributed by atoms with Gasteiger partial charge in [0, 0.05) is 38.1 Å². The van der Waals surface area contributed by atoms with E-state index in [0.29, 0.717) is 38.5 Å². The van der Waals surface area contributed by atoms with E-state index < -0.39 is 10.0 Å². The molecule has 0 saturated carbocycles. The van der Waals surface area contributed by atoms with Crippen LogP contribution in [0, 0.1) is 12.8 Å². The first-order valence-electron chi connectivity index (χ1n) is 11.9. The van der Waals surface area contributed by atoms with E-state index in [0.717, 1.165) is 24.1 Å². The highest BCUT2D eigenvalue weighted by Crippen LogP contribution is 2.22. The molecule has 3 rings (SSSR count). The largest absolute Gasteiger partial charge is 0.356 e. The summed E-state index contributed by atoms with van der Waals surface area (Å²) in [5.74, 6) is 0.0322.